The fourth-order valence-corrected chi connectivity index (χ4v) is 7.88. The Morgan fingerprint density at radius 3 is 2.51 bits per heavy atom. The van der Waals surface area contributed by atoms with Crippen molar-refractivity contribution in [2.75, 3.05) is 39.3 Å². The third-order valence-electron chi connectivity index (χ3n) is 10.7. The summed E-state index contributed by atoms with van der Waals surface area (Å²) in [5, 5.41) is 27.9. The number of hydrogen-bond acceptors (Lipinski definition) is 10. The van der Waals surface area contributed by atoms with Crippen LogP contribution in [0.2, 0.25) is 5.02 Å². The number of ether oxygens (including phenoxy) is 3. The van der Waals surface area contributed by atoms with Gasteiger partial charge in [-0.15, -0.1) is 0 Å². The van der Waals surface area contributed by atoms with Crippen LogP contribution in [0.25, 0.3) is 10.9 Å². The molecular weight excluding hydrogens is 748 g/mol. The van der Waals surface area contributed by atoms with Gasteiger partial charge in [0.25, 0.3) is 0 Å². The molecule has 5 N–H and O–H groups in total. The fourth-order valence-electron chi connectivity index (χ4n) is 7.60. The molecule has 0 aliphatic carbocycles. The van der Waals surface area contributed by atoms with Gasteiger partial charge in [0.15, 0.2) is 0 Å². The van der Waals surface area contributed by atoms with E-state index in [0.29, 0.717) is 42.0 Å². The number of aromatic hydroxyl groups is 1. The number of piperidine rings is 3. The number of phenols is 1. The minimum Gasteiger partial charge on any atom is -0.506 e. The van der Waals surface area contributed by atoms with Gasteiger partial charge in [0.2, 0.25) is 5.56 Å². The van der Waals surface area contributed by atoms with E-state index in [1.165, 1.54) is 12.1 Å². The Morgan fingerprint density at radius 1 is 0.930 bits per heavy atom. The van der Waals surface area contributed by atoms with Crippen molar-refractivity contribution >= 4 is 34.6 Å². The fraction of sp³-hybridized carbons (Fsp3) is 0.341. The minimum absolute atomic E-state index is 0.0623. The Balaban J connectivity index is 0.862. The quantitative estimate of drug-likeness (QED) is 0.0541. The number of pyridine rings is 1. The van der Waals surface area contributed by atoms with E-state index in [1.54, 1.807) is 30.3 Å². The van der Waals surface area contributed by atoms with Crippen LogP contribution in [0.1, 0.15) is 70.4 Å². The number of nitrogens with zero attached hydrogens (tertiary/aromatic N) is 1. The molecule has 1 aromatic heterocycles. The highest BCUT2D eigenvalue weighted by Crippen LogP contribution is 2.32. The lowest BCUT2D eigenvalue weighted by molar-refractivity contribution is -0.0336. The third kappa shape index (κ3) is 10.1. The Hall–Kier alpha value is -5.40. The third-order valence-corrected chi connectivity index (χ3v) is 11.0. The van der Waals surface area contributed by atoms with Crippen LogP contribution in [0, 0.1) is 5.92 Å². The standard InChI is InChI=1S/C44H47ClN4O8/c45-36-23-28(11-12-35(36)43(53)55-22-5-4-19-46-25-38(51)33-13-15-37(50)42-34(33)14-16-40(52)47-42)27-56-32-10-6-9-31(24-32)41(30-7-2-1-3-8-30)48-44(54)57-39-26-49-20-17-29(39)18-21-49/h1-3,6-16,23-24,29,38-39,41,46,50-51H,4-5,17-22,25-27H2,(H,47,52)(H,48,54)/t38?,39-,41?/m0/s1. The van der Waals surface area contributed by atoms with Crippen molar-refractivity contribution in [1.82, 2.24) is 20.5 Å². The van der Waals surface area contributed by atoms with Gasteiger partial charge in [-0.25, -0.2) is 9.59 Å². The smallest absolute Gasteiger partial charge is 0.408 e. The number of fused-ring (bicyclic) bond motifs is 4. The number of aliphatic hydroxyl groups is 1. The van der Waals surface area contributed by atoms with Crippen LogP contribution in [0.5, 0.6) is 11.5 Å². The topological polar surface area (TPSA) is 162 Å². The molecule has 2 bridgehead atoms. The van der Waals surface area contributed by atoms with Gasteiger partial charge in [-0.2, -0.15) is 0 Å². The van der Waals surface area contributed by atoms with Crippen LogP contribution in [-0.4, -0.2) is 77.6 Å². The van der Waals surface area contributed by atoms with Crippen molar-refractivity contribution < 1.29 is 34.0 Å². The van der Waals surface area contributed by atoms with Crippen LogP contribution >= 0.6 is 11.6 Å². The highest BCUT2D eigenvalue weighted by Gasteiger charge is 2.37. The molecule has 4 heterocycles. The normalized spacial score (nSPS) is 18.5. The number of aliphatic hydroxyl groups excluding tert-OH is 1. The van der Waals surface area contributed by atoms with E-state index >= 15 is 0 Å². The Kier molecular flexibility index (Phi) is 13.1. The number of esters is 1. The zero-order valence-corrected chi connectivity index (χ0v) is 32.3. The van der Waals surface area contributed by atoms with Crippen LogP contribution in [0.3, 0.4) is 0 Å². The van der Waals surface area contributed by atoms with E-state index in [0.717, 1.165) is 49.2 Å². The van der Waals surface area contributed by atoms with Crippen molar-refractivity contribution in [2.24, 2.45) is 5.92 Å². The molecular formula is C44H47ClN4O8. The average molecular weight is 795 g/mol. The van der Waals surface area contributed by atoms with E-state index in [2.05, 4.69) is 20.5 Å². The number of aromatic amines is 1. The van der Waals surface area contributed by atoms with Crippen LogP contribution in [0.15, 0.2) is 102 Å². The maximum absolute atomic E-state index is 13.2. The molecule has 2 unspecified atom stereocenters. The number of aromatic nitrogens is 1. The van der Waals surface area contributed by atoms with Gasteiger partial charge in [0.1, 0.15) is 24.2 Å². The first kappa shape index (κ1) is 39.8. The Bertz CT molecular complexity index is 2230. The largest absolute Gasteiger partial charge is 0.506 e. The summed E-state index contributed by atoms with van der Waals surface area (Å²) >= 11 is 6.52. The number of alkyl carbamates (subject to hydrolysis) is 1. The molecule has 5 aromatic rings. The maximum atomic E-state index is 13.2. The predicted molar refractivity (Wildman–Crippen MR) is 217 cm³/mol. The molecule has 3 saturated heterocycles. The van der Waals surface area contributed by atoms with Gasteiger partial charge in [-0.05, 0) is 110 Å². The lowest BCUT2D eigenvalue weighted by atomic mass is 9.86. The molecule has 8 rings (SSSR count). The van der Waals surface area contributed by atoms with Crippen molar-refractivity contribution in [3.63, 3.8) is 0 Å². The number of amides is 1. The van der Waals surface area contributed by atoms with E-state index in [9.17, 15) is 24.6 Å². The molecule has 0 spiro atoms. The zero-order valence-electron chi connectivity index (χ0n) is 31.5. The lowest BCUT2D eigenvalue weighted by Crippen LogP contribution is -2.52. The zero-order chi connectivity index (χ0) is 39.7. The second-order valence-electron chi connectivity index (χ2n) is 14.6. The summed E-state index contributed by atoms with van der Waals surface area (Å²) in [6.07, 6.45) is 2.01. The molecule has 298 valence electrons. The van der Waals surface area contributed by atoms with Gasteiger partial charge in [-0.1, -0.05) is 66.2 Å². The molecule has 3 aliphatic heterocycles. The number of carbonyl (C=O) groups is 2. The SMILES string of the molecule is O=C(NC(c1ccccc1)c1cccc(OCc2ccc(C(=O)OCCCCNCC(O)c3ccc(O)c4[nH]c(=O)ccc34)c(Cl)c2)c1)O[C@H]1CN2CCC1CC2. The predicted octanol–water partition coefficient (Wildman–Crippen LogP) is 6.64. The molecule has 3 aliphatic rings. The number of H-pyrrole nitrogens is 1. The van der Waals surface area contributed by atoms with Gasteiger partial charge >= 0.3 is 12.1 Å². The monoisotopic (exact) mass is 794 g/mol. The Morgan fingerprint density at radius 2 is 1.74 bits per heavy atom. The van der Waals surface area contributed by atoms with E-state index in [4.69, 9.17) is 25.8 Å². The summed E-state index contributed by atoms with van der Waals surface area (Å²) in [6.45, 7) is 4.17. The summed E-state index contributed by atoms with van der Waals surface area (Å²) in [4.78, 5) is 42.7. The number of benzene rings is 4. The van der Waals surface area contributed by atoms with E-state index < -0.39 is 24.2 Å². The highest BCUT2D eigenvalue weighted by atomic mass is 35.5. The van der Waals surface area contributed by atoms with E-state index in [-0.39, 0.29) is 53.3 Å². The second-order valence-corrected chi connectivity index (χ2v) is 15.0. The molecule has 0 saturated carbocycles. The van der Waals surface area contributed by atoms with E-state index in [1.807, 2.05) is 54.6 Å². The number of phenolic OH excluding ortho intramolecular Hbond substituents is 1. The number of halogens is 1. The summed E-state index contributed by atoms with van der Waals surface area (Å²) in [7, 11) is 0. The van der Waals surface area contributed by atoms with Crippen LogP contribution in [-0.2, 0) is 16.1 Å². The number of rotatable bonds is 16. The molecule has 0 radical (unpaired) electrons. The van der Waals surface area contributed by atoms with Gasteiger partial charge in [-0.3, -0.25) is 9.69 Å². The molecule has 3 fully saturated rings. The van der Waals surface area contributed by atoms with Crippen molar-refractivity contribution in [3.05, 3.63) is 140 Å². The molecule has 1 amide bonds. The summed E-state index contributed by atoms with van der Waals surface area (Å²) in [5.74, 6) is 0.433. The van der Waals surface area contributed by atoms with Crippen LogP contribution in [0.4, 0.5) is 4.79 Å². The summed E-state index contributed by atoms with van der Waals surface area (Å²) < 4.78 is 17.6. The first-order valence-corrected chi connectivity index (χ1v) is 19.8. The van der Waals surface area contributed by atoms with Crippen LogP contribution < -0.4 is 20.9 Å². The number of carbonyl (C=O) groups excluding carboxylic acids is 2. The summed E-state index contributed by atoms with van der Waals surface area (Å²) in [6, 6.07) is 28.0. The van der Waals surface area contributed by atoms with Crippen molar-refractivity contribution in [1.29, 1.82) is 0 Å². The first-order valence-electron chi connectivity index (χ1n) is 19.4. The highest BCUT2D eigenvalue weighted by molar-refractivity contribution is 6.33. The molecule has 3 atom stereocenters. The second kappa shape index (κ2) is 18.7. The summed E-state index contributed by atoms with van der Waals surface area (Å²) in [5.41, 5.74) is 3.32. The average Bonchev–Trinajstić information content (AvgIpc) is 3.22. The number of unbranched alkanes of at least 4 members (excludes halogenated alkanes) is 1. The minimum atomic E-state index is -0.858. The maximum Gasteiger partial charge on any atom is 0.408 e. The Labute approximate surface area is 335 Å². The van der Waals surface area contributed by atoms with Gasteiger partial charge in [0, 0.05) is 24.5 Å². The molecule has 12 nitrogen and oxygen atoms in total. The molecule has 13 heteroatoms. The van der Waals surface area contributed by atoms with Gasteiger partial charge < -0.3 is 40.0 Å². The molecule has 4 aromatic carbocycles. The number of hydrogen-bond donors (Lipinski definition) is 5. The first-order chi connectivity index (χ1) is 27.7. The molecule has 57 heavy (non-hydrogen) atoms. The van der Waals surface area contributed by atoms with Gasteiger partial charge in [0.05, 0.1) is 34.9 Å². The van der Waals surface area contributed by atoms with Crippen molar-refractivity contribution in [3.8, 4) is 11.5 Å². The van der Waals surface area contributed by atoms with Crippen molar-refractivity contribution in [2.45, 2.75) is 50.5 Å². The lowest BCUT2D eigenvalue weighted by Gasteiger charge is -2.43. The number of nitrogens with one attached hydrogen (secondary N) is 3.